The van der Waals surface area contributed by atoms with Gasteiger partial charge < -0.3 is 20.1 Å². The molecule has 0 saturated heterocycles. The Balaban J connectivity index is 1.39. The summed E-state index contributed by atoms with van der Waals surface area (Å²) in [7, 11) is 1.27. The average molecular weight is 570 g/mol. The molecule has 0 aliphatic carbocycles. The highest BCUT2D eigenvalue weighted by molar-refractivity contribution is 6.32. The Morgan fingerprint density at radius 3 is 2.46 bits per heavy atom. The van der Waals surface area contributed by atoms with E-state index in [4.69, 9.17) is 32.7 Å². The third-order valence-corrected chi connectivity index (χ3v) is 7.12. The van der Waals surface area contributed by atoms with Crippen LogP contribution in [0.2, 0.25) is 10.0 Å². The van der Waals surface area contributed by atoms with E-state index >= 15 is 0 Å². The molecule has 3 aromatic carbocycles. The van der Waals surface area contributed by atoms with Gasteiger partial charge in [0.15, 0.2) is 5.54 Å². The van der Waals surface area contributed by atoms with Crippen molar-refractivity contribution in [2.24, 2.45) is 0 Å². The van der Waals surface area contributed by atoms with E-state index in [1.54, 1.807) is 30.3 Å². The van der Waals surface area contributed by atoms with E-state index in [1.807, 2.05) is 42.5 Å². The van der Waals surface area contributed by atoms with Crippen molar-refractivity contribution < 1.29 is 23.9 Å². The minimum absolute atomic E-state index is 0.0855. The van der Waals surface area contributed by atoms with Crippen molar-refractivity contribution in [2.75, 3.05) is 19.0 Å². The maximum atomic E-state index is 13.4. The number of hydrogen-bond donors (Lipinski definition) is 3. The van der Waals surface area contributed by atoms with Gasteiger partial charge in [-0.2, -0.15) is 0 Å². The van der Waals surface area contributed by atoms with Crippen LogP contribution in [-0.4, -0.2) is 37.7 Å². The summed E-state index contributed by atoms with van der Waals surface area (Å²) in [5, 5.41) is 9.85. The third-order valence-electron chi connectivity index (χ3n) is 6.55. The van der Waals surface area contributed by atoms with Gasteiger partial charge in [-0.25, -0.2) is 9.59 Å². The molecule has 3 N–H and O–H groups in total. The Labute approximate surface area is 237 Å². The van der Waals surface area contributed by atoms with Crippen LogP contribution in [0.3, 0.4) is 0 Å². The molecule has 39 heavy (non-hydrogen) atoms. The van der Waals surface area contributed by atoms with Gasteiger partial charge in [-0.1, -0.05) is 71.7 Å². The first kappa shape index (κ1) is 28.4. The van der Waals surface area contributed by atoms with E-state index in [9.17, 15) is 14.4 Å². The minimum Gasteiger partial charge on any atom is -0.467 e. The predicted molar refractivity (Wildman–Crippen MR) is 150 cm³/mol. The summed E-state index contributed by atoms with van der Waals surface area (Å²) in [4.78, 5) is 38.0. The van der Waals surface area contributed by atoms with Crippen molar-refractivity contribution in [3.05, 3.63) is 99.5 Å². The van der Waals surface area contributed by atoms with Gasteiger partial charge in [-0.05, 0) is 55.6 Å². The summed E-state index contributed by atoms with van der Waals surface area (Å²) in [6.07, 6.45) is 0.752. The summed E-state index contributed by atoms with van der Waals surface area (Å²) >= 11 is 12.9. The normalized spacial score (nSPS) is 16.6. The second-order valence-corrected chi connectivity index (χ2v) is 9.92. The van der Waals surface area contributed by atoms with Crippen LogP contribution in [0.25, 0.3) is 0 Å². The number of methoxy groups -OCH3 is 1. The van der Waals surface area contributed by atoms with E-state index in [1.165, 1.54) is 7.11 Å². The van der Waals surface area contributed by atoms with E-state index in [2.05, 4.69) is 16.0 Å². The lowest BCUT2D eigenvalue weighted by molar-refractivity contribution is -0.143. The number of hydrogen-bond acceptors (Lipinski definition) is 6. The van der Waals surface area contributed by atoms with Gasteiger partial charge in [0.1, 0.15) is 12.6 Å². The molecule has 0 saturated carbocycles. The van der Waals surface area contributed by atoms with Crippen molar-refractivity contribution in [1.29, 1.82) is 0 Å². The van der Waals surface area contributed by atoms with E-state index < -0.39 is 23.6 Å². The standard InChI is InChI=1S/C29H29Cl2N3O5/c1-38-26(35)25(34-28(37)39-18-19-9-3-2-4-10-19)13-7-8-16-32-29(21-11-5-6-12-23(21)31)22-17-20(30)14-15-24(22)33-27(29)36/h2-6,9-12,14-15,17,25,32H,7-8,13,16,18H2,1H3,(H,33,36)(H,34,37). The highest BCUT2D eigenvalue weighted by Crippen LogP contribution is 2.44. The Morgan fingerprint density at radius 2 is 1.72 bits per heavy atom. The molecule has 0 aromatic heterocycles. The van der Waals surface area contributed by atoms with Crippen molar-refractivity contribution >= 4 is 46.9 Å². The molecule has 8 nitrogen and oxygen atoms in total. The van der Waals surface area contributed by atoms with Crippen molar-refractivity contribution in [3.8, 4) is 0 Å². The fraction of sp³-hybridized carbons (Fsp3) is 0.276. The zero-order valence-electron chi connectivity index (χ0n) is 21.3. The van der Waals surface area contributed by atoms with Gasteiger partial charge in [0.25, 0.3) is 5.91 Å². The first-order valence-electron chi connectivity index (χ1n) is 12.5. The average Bonchev–Trinajstić information content (AvgIpc) is 3.22. The van der Waals surface area contributed by atoms with Crippen LogP contribution in [0.4, 0.5) is 10.5 Å². The predicted octanol–water partition coefficient (Wildman–Crippen LogP) is 5.42. The molecular weight excluding hydrogens is 541 g/mol. The highest BCUT2D eigenvalue weighted by atomic mass is 35.5. The molecule has 0 radical (unpaired) electrons. The van der Waals surface area contributed by atoms with E-state index in [-0.39, 0.29) is 12.5 Å². The number of fused-ring (bicyclic) bond motifs is 1. The SMILES string of the molecule is COC(=O)C(CCCCNC1(c2ccccc2Cl)C(=O)Nc2ccc(Cl)cc21)NC(=O)OCc1ccccc1. The quantitative estimate of drug-likeness (QED) is 0.210. The summed E-state index contributed by atoms with van der Waals surface area (Å²) in [6, 6.07) is 20.8. The lowest BCUT2D eigenvalue weighted by Crippen LogP contribution is -2.49. The fourth-order valence-electron chi connectivity index (χ4n) is 4.63. The Morgan fingerprint density at radius 1 is 0.974 bits per heavy atom. The van der Waals surface area contributed by atoms with Gasteiger partial charge in [0.05, 0.1) is 7.11 Å². The number of benzene rings is 3. The van der Waals surface area contributed by atoms with Crippen molar-refractivity contribution in [3.63, 3.8) is 0 Å². The molecule has 0 spiro atoms. The van der Waals surface area contributed by atoms with Crippen LogP contribution >= 0.6 is 23.2 Å². The number of carbonyl (C=O) groups excluding carboxylic acids is 3. The molecule has 1 heterocycles. The number of unbranched alkanes of at least 4 members (excludes halogenated alkanes) is 1. The molecule has 1 aliphatic rings. The van der Waals surface area contributed by atoms with Crippen LogP contribution in [0.15, 0.2) is 72.8 Å². The lowest BCUT2D eigenvalue weighted by Gasteiger charge is -2.30. The Bertz CT molecular complexity index is 1340. The molecule has 204 valence electrons. The van der Waals surface area contributed by atoms with Gasteiger partial charge in [0, 0.05) is 26.9 Å². The van der Waals surface area contributed by atoms with Gasteiger partial charge >= 0.3 is 12.1 Å². The number of alkyl carbamates (subject to hydrolysis) is 1. The zero-order chi connectivity index (χ0) is 27.8. The monoisotopic (exact) mass is 569 g/mol. The Kier molecular flexibility index (Phi) is 9.45. The van der Waals surface area contributed by atoms with E-state index in [0.29, 0.717) is 52.7 Å². The summed E-state index contributed by atoms with van der Waals surface area (Å²) < 4.78 is 10.1. The third kappa shape index (κ3) is 6.53. The smallest absolute Gasteiger partial charge is 0.408 e. The molecule has 2 unspecified atom stereocenters. The molecule has 4 rings (SSSR count). The number of ether oxygens (including phenoxy) is 2. The molecule has 0 bridgehead atoms. The molecule has 3 aromatic rings. The van der Waals surface area contributed by atoms with Crippen LogP contribution in [0, 0.1) is 0 Å². The van der Waals surface area contributed by atoms with Crippen molar-refractivity contribution in [2.45, 2.75) is 37.5 Å². The summed E-state index contributed by atoms with van der Waals surface area (Å²) in [5.41, 5.74) is 1.55. The second kappa shape index (κ2) is 13.0. The Hall–Kier alpha value is -3.59. The number of rotatable bonds is 11. The lowest BCUT2D eigenvalue weighted by atomic mass is 9.83. The van der Waals surface area contributed by atoms with Crippen LogP contribution < -0.4 is 16.0 Å². The molecule has 2 atom stereocenters. The van der Waals surface area contributed by atoms with Gasteiger partial charge in [-0.3, -0.25) is 10.1 Å². The topological polar surface area (TPSA) is 106 Å². The number of nitrogens with one attached hydrogen (secondary N) is 3. The fourth-order valence-corrected chi connectivity index (χ4v) is 5.07. The van der Waals surface area contributed by atoms with E-state index in [0.717, 1.165) is 5.56 Å². The molecule has 0 fully saturated rings. The van der Waals surface area contributed by atoms with Gasteiger partial charge in [0.2, 0.25) is 0 Å². The van der Waals surface area contributed by atoms with Crippen LogP contribution in [0.5, 0.6) is 0 Å². The maximum absolute atomic E-state index is 13.4. The summed E-state index contributed by atoms with van der Waals surface area (Å²) in [6.45, 7) is 0.499. The summed E-state index contributed by atoms with van der Waals surface area (Å²) in [5.74, 6) is -0.825. The number of anilines is 1. The number of esters is 1. The molecule has 2 amide bonds. The molecule has 10 heteroatoms. The minimum atomic E-state index is -1.24. The molecule has 1 aliphatic heterocycles. The number of halogens is 2. The van der Waals surface area contributed by atoms with Crippen LogP contribution in [0.1, 0.15) is 36.0 Å². The largest absolute Gasteiger partial charge is 0.467 e. The molecular formula is C29H29Cl2N3O5. The second-order valence-electron chi connectivity index (χ2n) is 9.08. The van der Waals surface area contributed by atoms with Crippen molar-refractivity contribution in [1.82, 2.24) is 10.6 Å². The first-order chi connectivity index (χ1) is 18.8. The number of carbonyl (C=O) groups is 3. The first-order valence-corrected chi connectivity index (χ1v) is 13.3. The maximum Gasteiger partial charge on any atom is 0.408 e. The van der Waals surface area contributed by atoms with Crippen LogP contribution in [-0.2, 0) is 31.2 Å². The number of amides is 2. The van der Waals surface area contributed by atoms with Gasteiger partial charge in [-0.15, -0.1) is 0 Å². The zero-order valence-corrected chi connectivity index (χ0v) is 22.9. The highest BCUT2D eigenvalue weighted by Gasteiger charge is 2.49.